The highest BCUT2D eigenvalue weighted by molar-refractivity contribution is 5.91. The standard InChI is InChI=1S/C13H15NO4/c1-9-3-4-10(13(16)17)11(7-9)18-8-12(15)14-5-2-6-14/h3-4,7H,2,5-6,8H2,1H3,(H,16,17). The molecule has 1 saturated heterocycles. The fourth-order valence-electron chi connectivity index (χ4n) is 1.72. The smallest absolute Gasteiger partial charge is 0.339 e. The van der Waals surface area contributed by atoms with Crippen molar-refractivity contribution in [2.45, 2.75) is 13.3 Å². The van der Waals surface area contributed by atoms with Crippen molar-refractivity contribution in [2.24, 2.45) is 0 Å². The maximum atomic E-state index is 11.6. The lowest BCUT2D eigenvalue weighted by atomic mass is 10.1. The van der Waals surface area contributed by atoms with E-state index in [1.54, 1.807) is 17.0 Å². The van der Waals surface area contributed by atoms with Crippen molar-refractivity contribution < 1.29 is 19.4 Å². The van der Waals surface area contributed by atoms with Gasteiger partial charge in [-0.05, 0) is 31.0 Å². The lowest BCUT2D eigenvalue weighted by Crippen LogP contribution is -2.44. The van der Waals surface area contributed by atoms with Gasteiger partial charge in [-0.3, -0.25) is 4.79 Å². The summed E-state index contributed by atoms with van der Waals surface area (Å²) in [6.07, 6.45) is 1.02. The number of likely N-dealkylation sites (tertiary alicyclic amines) is 1. The Morgan fingerprint density at radius 1 is 1.39 bits per heavy atom. The average molecular weight is 249 g/mol. The number of aromatic carboxylic acids is 1. The molecule has 5 nitrogen and oxygen atoms in total. The van der Waals surface area contributed by atoms with Gasteiger partial charge in [-0.2, -0.15) is 0 Å². The molecule has 5 heteroatoms. The van der Waals surface area contributed by atoms with Gasteiger partial charge in [-0.25, -0.2) is 4.79 Å². The Kier molecular flexibility index (Phi) is 3.50. The van der Waals surface area contributed by atoms with E-state index in [0.717, 1.165) is 25.1 Å². The number of benzene rings is 1. The molecule has 1 amide bonds. The van der Waals surface area contributed by atoms with Crippen LogP contribution in [0.4, 0.5) is 0 Å². The summed E-state index contributed by atoms with van der Waals surface area (Å²) in [6, 6.07) is 4.82. The third kappa shape index (κ3) is 2.61. The van der Waals surface area contributed by atoms with Gasteiger partial charge < -0.3 is 14.7 Å². The van der Waals surface area contributed by atoms with Crippen LogP contribution in [0.1, 0.15) is 22.3 Å². The molecule has 1 aliphatic heterocycles. The van der Waals surface area contributed by atoms with Gasteiger partial charge in [0.15, 0.2) is 6.61 Å². The Bertz CT molecular complexity index is 480. The van der Waals surface area contributed by atoms with E-state index < -0.39 is 5.97 Å². The molecular formula is C13H15NO4. The average Bonchev–Trinajstić information content (AvgIpc) is 2.23. The molecule has 0 saturated carbocycles. The molecule has 0 aliphatic carbocycles. The van der Waals surface area contributed by atoms with Crippen molar-refractivity contribution in [1.82, 2.24) is 4.90 Å². The van der Waals surface area contributed by atoms with Crippen molar-refractivity contribution in [1.29, 1.82) is 0 Å². The molecule has 1 aliphatic rings. The first kappa shape index (κ1) is 12.4. The molecule has 1 aromatic carbocycles. The lowest BCUT2D eigenvalue weighted by Gasteiger charge is -2.30. The first-order valence-electron chi connectivity index (χ1n) is 5.82. The van der Waals surface area contributed by atoms with E-state index in [-0.39, 0.29) is 23.8 Å². The SMILES string of the molecule is Cc1ccc(C(=O)O)c(OCC(=O)N2CCC2)c1. The molecule has 1 aromatic rings. The number of carboxylic acids is 1. The quantitative estimate of drug-likeness (QED) is 0.873. The maximum absolute atomic E-state index is 11.6. The van der Waals surface area contributed by atoms with Gasteiger partial charge in [-0.1, -0.05) is 6.07 Å². The normalized spacial score (nSPS) is 13.9. The zero-order valence-corrected chi connectivity index (χ0v) is 10.2. The first-order chi connectivity index (χ1) is 8.58. The minimum atomic E-state index is -1.05. The summed E-state index contributed by atoms with van der Waals surface area (Å²) in [6.45, 7) is 3.27. The second kappa shape index (κ2) is 5.08. The predicted octanol–water partition coefficient (Wildman–Crippen LogP) is 1.30. The first-order valence-corrected chi connectivity index (χ1v) is 5.82. The summed E-state index contributed by atoms with van der Waals surface area (Å²) in [5.41, 5.74) is 0.975. The molecule has 0 aromatic heterocycles. The van der Waals surface area contributed by atoms with Gasteiger partial charge in [0.2, 0.25) is 0 Å². The van der Waals surface area contributed by atoms with Crippen molar-refractivity contribution in [2.75, 3.05) is 19.7 Å². The summed E-state index contributed by atoms with van der Waals surface area (Å²) in [7, 11) is 0. The van der Waals surface area contributed by atoms with E-state index in [1.807, 2.05) is 6.92 Å². The molecule has 0 bridgehead atoms. The van der Waals surface area contributed by atoms with Crippen molar-refractivity contribution in [3.05, 3.63) is 29.3 Å². The van der Waals surface area contributed by atoms with E-state index in [9.17, 15) is 9.59 Å². The third-order valence-electron chi connectivity index (χ3n) is 2.93. The van der Waals surface area contributed by atoms with E-state index in [4.69, 9.17) is 9.84 Å². The van der Waals surface area contributed by atoms with Crippen LogP contribution in [0, 0.1) is 6.92 Å². The third-order valence-corrected chi connectivity index (χ3v) is 2.93. The van der Waals surface area contributed by atoms with Gasteiger partial charge in [0.1, 0.15) is 11.3 Å². The molecule has 0 radical (unpaired) electrons. The summed E-state index contributed by atoms with van der Waals surface area (Å²) in [5, 5.41) is 9.01. The van der Waals surface area contributed by atoms with Gasteiger partial charge in [0.05, 0.1) is 0 Å². The molecular weight excluding hydrogens is 234 g/mol. The summed E-state index contributed by atoms with van der Waals surface area (Å²) in [5.74, 6) is -0.906. The number of carboxylic acid groups (broad SMARTS) is 1. The van der Waals surface area contributed by atoms with Crippen molar-refractivity contribution in [3.63, 3.8) is 0 Å². The molecule has 0 spiro atoms. The van der Waals surface area contributed by atoms with Crippen LogP contribution < -0.4 is 4.74 Å². The number of nitrogens with zero attached hydrogens (tertiary/aromatic N) is 1. The second-order valence-corrected chi connectivity index (χ2v) is 4.33. The Labute approximate surface area is 105 Å². The zero-order chi connectivity index (χ0) is 13.1. The fourth-order valence-corrected chi connectivity index (χ4v) is 1.72. The van der Waals surface area contributed by atoms with Crippen molar-refractivity contribution in [3.8, 4) is 5.75 Å². The highest BCUT2D eigenvalue weighted by Crippen LogP contribution is 2.20. The molecule has 1 fully saturated rings. The van der Waals surface area contributed by atoms with Crippen LogP contribution in [0.5, 0.6) is 5.75 Å². The molecule has 2 rings (SSSR count). The Balaban J connectivity index is 2.05. The van der Waals surface area contributed by atoms with Crippen LogP contribution in [0.3, 0.4) is 0 Å². The van der Waals surface area contributed by atoms with Crippen molar-refractivity contribution >= 4 is 11.9 Å². The monoisotopic (exact) mass is 249 g/mol. The van der Waals surface area contributed by atoms with Crippen LogP contribution in [0.15, 0.2) is 18.2 Å². The van der Waals surface area contributed by atoms with Crippen LogP contribution in [0.25, 0.3) is 0 Å². The minimum absolute atomic E-state index is 0.0806. The van der Waals surface area contributed by atoms with E-state index in [2.05, 4.69) is 0 Å². The summed E-state index contributed by atoms with van der Waals surface area (Å²) in [4.78, 5) is 24.3. The number of rotatable bonds is 4. The van der Waals surface area contributed by atoms with E-state index >= 15 is 0 Å². The molecule has 0 unspecified atom stereocenters. The Hall–Kier alpha value is -2.04. The van der Waals surface area contributed by atoms with Gasteiger partial charge >= 0.3 is 5.97 Å². The Morgan fingerprint density at radius 3 is 2.67 bits per heavy atom. The zero-order valence-electron chi connectivity index (χ0n) is 10.2. The van der Waals surface area contributed by atoms with E-state index in [1.165, 1.54) is 6.07 Å². The van der Waals surface area contributed by atoms with Gasteiger partial charge in [-0.15, -0.1) is 0 Å². The number of carbonyl (C=O) groups is 2. The maximum Gasteiger partial charge on any atom is 0.339 e. The van der Waals surface area contributed by atoms with Gasteiger partial charge in [0, 0.05) is 13.1 Å². The summed E-state index contributed by atoms with van der Waals surface area (Å²) < 4.78 is 5.33. The molecule has 1 heterocycles. The topological polar surface area (TPSA) is 66.8 Å². The molecule has 18 heavy (non-hydrogen) atoms. The van der Waals surface area contributed by atoms with Crippen LogP contribution in [-0.4, -0.2) is 41.6 Å². The number of hydrogen-bond acceptors (Lipinski definition) is 3. The number of carbonyl (C=O) groups excluding carboxylic acids is 1. The molecule has 96 valence electrons. The van der Waals surface area contributed by atoms with Crippen LogP contribution in [-0.2, 0) is 4.79 Å². The molecule has 1 N–H and O–H groups in total. The van der Waals surface area contributed by atoms with Crippen LogP contribution in [0.2, 0.25) is 0 Å². The molecule has 0 atom stereocenters. The van der Waals surface area contributed by atoms with Gasteiger partial charge in [0.25, 0.3) is 5.91 Å². The highest BCUT2D eigenvalue weighted by Gasteiger charge is 2.21. The number of amides is 1. The highest BCUT2D eigenvalue weighted by atomic mass is 16.5. The largest absolute Gasteiger partial charge is 0.483 e. The van der Waals surface area contributed by atoms with Crippen LogP contribution >= 0.6 is 0 Å². The second-order valence-electron chi connectivity index (χ2n) is 4.33. The number of hydrogen-bond donors (Lipinski definition) is 1. The number of aryl methyl sites for hydroxylation is 1. The lowest BCUT2D eigenvalue weighted by molar-refractivity contribution is -0.136. The predicted molar refractivity (Wildman–Crippen MR) is 64.8 cm³/mol. The van der Waals surface area contributed by atoms with E-state index in [0.29, 0.717) is 0 Å². The fraction of sp³-hybridized carbons (Fsp3) is 0.385. The summed E-state index contributed by atoms with van der Waals surface area (Å²) >= 11 is 0. The number of ether oxygens (including phenoxy) is 1. The Morgan fingerprint density at radius 2 is 2.11 bits per heavy atom. The minimum Gasteiger partial charge on any atom is -0.483 e.